The second kappa shape index (κ2) is 7.19. The summed E-state index contributed by atoms with van der Waals surface area (Å²) in [6.07, 6.45) is -3.67. The molecule has 7 heteroatoms. The van der Waals surface area contributed by atoms with Crippen LogP contribution in [0.4, 0.5) is 13.2 Å². The Morgan fingerprint density at radius 1 is 1.33 bits per heavy atom. The topological polar surface area (TPSA) is 46.2 Å². The summed E-state index contributed by atoms with van der Waals surface area (Å²) in [5, 5.41) is 8.29. The van der Waals surface area contributed by atoms with Gasteiger partial charge in [0.05, 0.1) is 10.6 Å². The number of alkyl halides is 3. The smallest absolute Gasteiger partial charge is 0.396 e. The molecule has 1 atom stereocenters. The molecule has 0 saturated carbocycles. The molecule has 104 valence electrons. The van der Waals surface area contributed by atoms with Gasteiger partial charge in [-0.1, -0.05) is 23.7 Å². The first-order chi connectivity index (χ1) is 7.88. The van der Waals surface area contributed by atoms with Crippen LogP contribution in [0.1, 0.15) is 30.0 Å². The van der Waals surface area contributed by atoms with Crippen LogP contribution in [-0.4, -0.2) is 11.7 Å². The lowest BCUT2D eigenvalue weighted by atomic mass is 10.0. The molecule has 1 aromatic carbocycles. The molecule has 0 heterocycles. The summed E-state index contributed by atoms with van der Waals surface area (Å²) in [7, 11) is 0. The Hall–Kier alpha value is -0.490. The van der Waals surface area contributed by atoms with Gasteiger partial charge in [-0.25, -0.2) is 0 Å². The molecular formula is C11H14Cl2F3NO. The zero-order valence-electron chi connectivity index (χ0n) is 9.38. The molecule has 0 bridgehead atoms. The van der Waals surface area contributed by atoms with Crippen molar-refractivity contribution in [3.63, 3.8) is 0 Å². The molecule has 18 heavy (non-hydrogen) atoms. The van der Waals surface area contributed by atoms with Crippen LogP contribution in [0.15, 0.2) is 18.2 Å². The highest BCUT2D eigenvalue weighted by molar-refractivity contribution is 6.32. The fourth-order valence-electron chi connectivity index (χ4n) is 1.52. The van der Waals surface area contributed by atoms with Crippen LogP contribution in [-0.2, 0) is 6.18 Å². The van der Waals surface area contributed by atoms with Gasteiger partial charge in [0, 0.05) is 12.6 Å². The molecular weight excluding hydrogens is 290 g/mol. The van der Waals surface area contributed by atoms with E-state index in [1.165, 1.54) is 12.1 Å². The summed E-state index contributed by atoms with van der Waals surface area (Å²) < 4.78 is 37.7. The molecule has 3 N–H and O–H groups in total. The lowest BCUT2D eigenvalue weighted by Gasteiger charge is -2.16. The van der Waals surface area contributed by atoms with Gasteiger partial charge in [0.25, 0.3) is 0 Å². The molecule has 1 aromatic rings. The van der Waals surface area contributed by atoms with E-state index in [1.807, 2.05) is 0 Å². The Morgan fingerprint density at radius 2 is 1.94 bits per heavy atom. The van der Waals surface area contributed by atoms with Gasteiger partial charge in [-0.2, -0.15) is 13.2 Å². The average Bonchev–Trinajstić information content (AvgIpc) is 2.24. The fraction of sp³-hybridized carbons (Fsp3) is 0.455. The number of hydrogen-bond donors (Lipinski definition) is 2. The van der Waals surface area contributed by atoms with Gasteiger partial charge in [-0.3, -0.25) is 0 Å². The molecule has 0 aliphatic heterocycles. The van der Waals surface area contributed by atoms with E-state index in [0.29, 0.717) is 12.8 Å². The maximum absolute atomic E-state index is 12.6. The molecule has 0 saturated heterocycles. The molecule has 0 aliphatic rings. The van der Waals surface area contributed by atoms with Crippen molar-refractivity contribution >= 4 is 24.0 Å². The van der Waals surface area contributed by atoms with Crippen LogP contribution in [0.3, 0.4) is 0 Å². The number of hydrogen-bond acceptors (Lipinski definition) is 2. The summed E-state index contributed by atoms with van der Waals surface area (Å²) >= 11 is 5.70. The van der Waals surface area contributed by atoms with E-state index in [2.05, 4.69) is 0 Å². The van der Waals surface area contributed by atoms with Gasteiger partial charge in [0.2, 0.25) is 0 Å². The zero-order chi connectivity index (χ0) is 13.1. The normalized spacial score (nSPS) is 13.0. The predicted molar refractivity (Wildman–Crippen MR) is 67.0 cm³/mol. The van der Waals surface area contributed by atoms with Crippen molar-refractivity contribution in [1.82, 2.24) is 0 Å². The van der Waals surface area contributed by atoms with Gasteiger partial charge in [-0.15, -0.1) is 12.4 Å². The minimum atomic E-state index is -4.48. The number of rotatable bonds is 4. The second-order valence-corrected chi connectivity index (χ2v) is 4.06. The van der Waals surface area contributed by atoms with Crippen LogP contribution in [0, 0.1) is 0 Å². The molecule has 1 rings (SSSR count). The highest BCUT2D eigenvalue weighted by Crippen LogP contribution is 2.38. The second-order valence-electron chi connectivity index (χ2n) is 3.68. The predicted octanol–water partition coefficient (Wildman–Crippen LogP) is 3.55. The van der Waals surface area contributed by atoms with E-state index in [4.69, 9.17) is 22.4 Å². The Kier molecular flexibility index (Phi) is 6.99. The van der Waals surface area contributed by atoms with Crippen molar-refractivity contribution in [1.29, 1.82) is 0 Å². The van der Waals surface area contributed by atoms with E-state index >= 15 is 0 Å². The standard InChI is InChI=1S/C11H13ClF3NO.ClH/c12-10-7(9(16)5-2-6-17)3-1-4-8(10)11(13,14)15;/h1,3-4,9,17H,2,5-6,16H2;1H/t9-;/m0./s1. The molecule has 0 aromatic heterocycles. The number of nitrogens with two attached hydrogens (primary N) is 1. The summed E-state index contributed by atoms with van der Waals surface area (Å²) in [4.78, 5) is 0. The molecule has 0 amide bonds. The SMILES string of the molecule is Cl.N[C@@H](CCCO)c1cccc(C(F)(F)F)c1Cl. The third-order valence-electron chi connectivity index (χ3n) is 2.41. The lowest BCUT2D eigenvalue weighted by Crippen LogP contribution is -2.14. The van der Waals surface area contributed by atoms with Gasteiger partial charge in [0.15, 0.2) is 0 Å². The van der Waals surface area contributed by atoms with Crippen molar-refractivity contribution in [3.05, 3.63) is 34.3 Å². The molecule has 2 nitrogen and oxygen atoms in total. The Balaban J connectivity index is 0.00000289. The fourth-order valence-corrected chi connectivity index (χ4v) is 1.90. The Morgan fingerprint density at radius 3 is 2.44 bits per heavy atom. The summed E-state index contributed by atoms with van der Waals surface area (Å²) in [6, 6.07) is 3.07. The first-order valence-corrected chi connectivity index (χ1v) is 5.47. The van der Waals surface area contributed by atoms with E-state index in [-0.39, 0.29) is 29.6 Å². The Bertz CT molecular complexity index is 385. The molecule has 0 radical (unpaired) electrons. The zero-order valence-corrected chi connectivity index (χ0v) is 10.9. The van der Waals surface area contributed by atoms with Crippen molar-refractivity contribution in [2.24, 2.45) is 5.73 Å². The summed E-state index contributed by atoms with van der Waals surface area (Å²) in [5.74, 6) is 0. The maximum atomic E-state index is 12.6. The van der Waals surface area contributed by atoms with Crippen LogP contribution < -0.4 is 5.73 Å². The summed E-state index contributed by atoms with van der Waals surface area (Å²) in [6.45, 7) is -0.0513. The van der Waals surface area contributed by atoms with Gasteiger partial charge in [-0.05, 0) is 24.5 Å². The van der Waals surface area contributed by atoms with Crippen LogP contribution in [0.5, 0.6) is 0 Å². The number of halogens is 5. The van der Waals surface area contributed by atoms with Crippen LogP contribution >= 0.6 is 24.0 Å². The third-order valence-corrected chi connectivity index (χ3v) is 2.83. The van der Waals surface area contributed by atoms with E-state index in [9.17, 15) is 13.2 Å². The number of aliphatic hydroxyl groups excluding tert-OH is 1. The van der Waals surface area contributed by atoms with Crippen molar-refractivity contribution in [2.45, 2.75) is 25.1 Å². The van der Waals surface area contributed by atoms with Gasteiger partial charge < -0.3 is 10.8 Å². The van der Waals surface area contributed by atoms with E-state index in [0.717, 1.165) is 6.07 Å². The van der Waals surface area contributed by atoms with Crippen molar-refractivity contribution in [3.8, 4) is 0 Å². The molecule has 0 fully saturated rings. The first-order valence-electron chi connectivity index (χ1n) is 5.10. The average molecular weight is 304 g/mol. The molecule has 0 aliphatic carbocycles. The van der Waals surface area contributed by atoms with E-state index in [1.54, 1.807) is 0 Å². The van der Waals surface area contributed by atoms with E-state index < -0.39 is 17.8 Å². The molecule has 0 spiro atoms. The minimum Gasteiger partial charge on any atom is -0.396 e. The van der Waals surface area contributed by atoms with Crippen LogP contribution in [0.25, 0.3) is 0 Å². The molecule has 0 unspecified atom stereocenters. The van der Waals surface area contributed by atoms with Gasteiger partial charge >= 0.3 is 6.18 Å². The third kappa shape index (κ3) is 4.31. The quantitative estimate of drug-likeness (QED) is 0.893. The lowest BCUT2D eigenvalue weighted by molar-refractivity contribution is -0.137. The monoisotopic (exact) mass is 303 g/mol. The highest BCUT2D eigenvalue weighted by Gasteiger charge is 2.34. The minimum absolute atomic E-state index is 0. The first kappa shape index (κ1) is 17.5. The highest BCUT2D eigenvalue weighted by atomic mass is 35.5. The van der Waals surface area contributed by atoms with Crippen molar-refractivity contribution < 1.29 is 18.3 Å². The van der Waals surface area contributed by atoms with Crippen molar-refractivity contribution in [2.75, 3.05) is 6.61 Å². The maximum Gasteiger partial charge on any atom is 0.417 e. The number of aliphatic hydroxyl groups is 1. The Labute approximate surface area is 114 Å². The summed E-state index contributed by atoms with van der Waals surface area (Å²) in [5.41, 5.74) is 5.11. The van der Waals surface area contributed by atoms with Crippen LogP contribution in [0.2, 0.25) is 5.02 Å². The number of benzene rings is 1. The largest absolute Gasteiger partial charge is 0.417 e. The van der Waals surface area contributed by atoms with Gasteiger partial charge in [0.1, 0.15) is 0 Å².